The first-order chi connectivity index (χ1) is 11.0. The molecule has 5 heteroatoms. The summed E-state index contributed by atoms with van der Waals surface area (Å²) in [4.78, 5) is 23.8. The van der Waals surface area contributed by atoms with Gasteiger partial charge in [0.25, 0.3) is 5.91 Å². The van der Waals surface area contributed by atoms with Crippen LogP contribution in [0, 0.1) is 6.92 Å². The Kier molecular flexibility index (Phi) is 5.36. The van der Waals surface area contributed by atoms with E-state index in [0.29, 0.717) is 29.1 Å². The van der Waals surface area contributed by atoms with Gasteiger partial charge >= 0.3 is 0 Å². The van der Waals surface area contributed by atoms with Crippen molar-refractivity contribution in [1.82, 2.24) is 0 Å². The molecule has 2 aromatic rings. The molecule has 0 aliphatic rings. The normalized spacial score (nSPS) is 10.0. The maximum atomic E-state index is 12.2. The van der Waals surface area contributed by atoms with Gasteiger partial charge in [-0.3, -0.25) is 9.59 Å². The molecule has 0 aliphatic carbocycles. The highest BCUT2D eigenvalue weighted by atomic mass is 16.5. The molecule has 0 spiro atoms. The molecule has 0 aliphatic heterocycles. The van der Waals surface area contributed by atoms with Crippen LogP contribution in [0.2, 0.25) is 0 Å². The summed E-state index contributed by atoms with van der Waals surface area (Å²) in [5.74, 6) is 0.414. The van der Waals surface area contributed by atoms with Crippen molar-refractivity contribution in [2.24, 2.45) is 0 Å². The van der Waals surface area contributed by atoms with Crippen LogP contribution in [0.4, 0.5) is 11.4 Å². The number of benzene rings is 2. The molecule has 2 amide bonds. The Balaban J connectivity index is 2.13. The van der Waals surface area contributed by atoms with Crippen molar-refractivity contribution in [3.8, 4) is 5.75 Å². The van der Waals surface area contributed by atoms with Crippen LogP contribution in [0.1, 0.15) is 29.3 Å². The Bertz CT molecular complexity index is 709. The number of amides is 2. The third-order valence-corrected chi connectivity index (χ3v) is 3.44. The van der Waals surface area contributed by atoms with Gasteiger partial charge in [0, 0.05) is 23.4 Å². The van der Waals surface area contributed by atoms with Crippen LogP contribution in [-0.4, -0.2) is 18.9 Å². The molecule has 0 atom stereocenters. The van der Waals surface area contributed by atoms with Crippen molar-refractivity contribution in [2.45, 2.75) is 20.3 Å². The van der Waals surface area contributed by atoms with Crippen LogP contribution in [0.25, 0.3) is 0 Å². The summed E-state index contributed by atoms with van der Waals surface area (Å²) < 4.78 is 5.07. The molecular weight excluding hydrogens is 292 g/mol. The van der Waals surface area contributed by atoms with Gasteiger partial charge in [-0.05, 0) is 48.9 Å². The number of nitrogens with one attached hydrogen (secondary N) is 2. The van der Waals surface area contributed by atoms with Crippen LogP contribution in [0.5, 0.6) is 5.75 Å². The van der Waals surface area contributed by atoms with E-state index in [1.165, 1.54) is 0 Å². The van der Waals surface area contributed by atoms with Crippen molar-refractivity contribution in [1.29, 1.82) is 0 Å². The molecule has 0 saturated carbocycles. The number of hydrogen-bond donors (Lipinski definition) is 2. The summed E-state index contributed by atoms with van der Waals surface area (Å²) in [5, 5.41) is 5.65. The number of rotatable bonds is 5. The van der Waals surface area contributed by atoms with Gasteiger partial charge in [0.05, 0.1) is 7.11 Å². The van der Waals surface area contributed by atoms with E-state index in [0.717, 1.165) is 5.56 Å². The molecule has 0 heterocycles. The molecule has 0 bridgehead atoms. The van der Waals surface area contributed by atoms with Crippen LogP contribution >= 0.6 is 0 Å². The fourth-order valence-corrected chi connectivity index (χ4v) is 2.02. The Labute approximate surface area is 135 Å². The number of methoxy groups -OCH3 is 1. The van der Waals surface area contributed by atoms with E-state index in [1.54, 1.807) is 50.4 Å². The zero-order chi connectivity index (χ0) is 16.8. The van der Waals surface area contributed by atoms with Gasteiger partial charge in [0.1, 0.15) is 5.75 Å². The van der Waals surface area contributed by atoms with E-state index in [4.69, 9.17) is 4.74 Å². The predicted molar refractivity (Wildman–Crippen MR) is 91.0 cm³/mol. The van der Waals surface area contributed by atoms with E-state index in [-0.39, 0.29) is 11.8 Å². The molecule has 2 N–H and O–H groups in total. The second-order valence-corrected chi connectivity index (χ2v) is 5.11. The van der Waals surface area contributed by atoms with Gasteiger partial charge < -0.3 is 15.4 Å². The molecule has 0 unspecified atom stereocenters. The predicted octanol–water partition coefficient (Wildman–Crippen LogP) is 3.60. The van der Waals surface area contributed by atoms with Gasteiger partial charge in [0.15, 0.2) is 0 Å². The van der Waals surface area contributed by atoms with Crippen molar-refractivity contribution in [2.75, 3.05) is 17.7 Å². The number of aryl methyl sites for hydroxylation is 1. The zero-order valence-corrected chi connectivity index (χ0v) is 13.5. The smallest absolute Gasteiger partial charge is 0.255 e. The quantitative estimate of drug-likeness (QED) is 0.886. The Morgan fingerprint density at radius 3 is 2.35 bits per heavy atom. The van der Waals surface area contributed by atoms with E-state index >= 15 is 0 Å². The molecule has 0 fully saturated rings. The van der Waals surface area contributed by atoms with Crippen molar-refractivity contribution in [3.05, 3.63) is 53.6 Å². The van der Waals surface area contributed by atoms with Crippen LogP contribution in [0.15, 0.2) is 42.5 Å². The second kappa shape index (κ2) is 7.45. The lowest BCUT2D eigenvalue weighted by Crippen LogP contribution is -2.14. The van der Waals surface area contributed by atoms with Crippen LogP contribution in [-0.2, 0) is 4.79 Å². The van der Waals surface area contributed by atoms with Gasteiger partial charge in [-0.1, -0.05) is 13.0 Å². The molecule has 5 nitrogen and oxygen atoms in total. The van der Waals surface area contributed by atoms with Crippen molar-refractivity contribution < 1.29 is 14.3 Å². The molecule has 2 aromatic carbocycles. The monoisotopic (exact) mass is 312 g/mol. The average molecular weight is 312 g/mol. The van der Waals surface area contributed by atoms with Gasteiger partial charge in [-0.25, -0.2) is 0 Å². The highest BCUT2D eigenvalue weighted by Crippen LogP contribution is 2.21. The van der Waals surface area contributed by atoms with Crippen LogP contribution < -0.4 is 15.4 Å². The number of carbonyl (C=O) groups excluding carboxylic acids is 2. The molecule has 120 valence electrons. The second-order valence-electron chi connectivity index (χ2n) is 5.11. The first-order valence-electron chi connectivity index (χ1n) is 7.39. The number of carbonyl (C=O) groups is 2. The summed E-state index contributed by atoms with van der Waals surface area (Å²) in [5.41, 5.74) is 2.80. The average Bonchev–Trinajstić information content (AvgIpc) is 2.57. The summed E-state index contributed by atoms with van der Waals surface area (Å²) in [6, 6.07) is 12.3. The first kappa shape index (κ1) is 16.5. The zero-order valence-electron chi connectivity index (χ0n) is 13.5. The first-order valence-corrected chi connectivity index (χ1v) is 7.39. The number of anilines is 2. The Morgan fingerprint density at radius 2 is 1.74 bits per heavy atom. The fourth-order valence-electron chi connectivity index (χ4n) is 2.02. The fraction of sp³-hybridized carbons (Fsp3) is 0.222. The van der Waals surface area contributed by atoms with Crippen LogP contribution in [0.3, 0.4) is 0 Å². The van der Waals surface area contributed by atoms with E-state index in [2.05, 4.69) is 10.6 Å². The van der Waals surface area contributed by atoms with E-state index in [1.807, 2.05) is 13.0 Å². The Hall–Kier alpha value is -2.82. The standard InChI is InChI=1S/C18H20N2O3/c1-4-17(21)20-16-11-14(8-5-12(16)2)19-18(22)13-6-9-15(23-3)10-7-13/h5-11H,4H2,1-3H3,(H,19,22)(H,20,21). The third kappa shape index (κ3) is 4.32. The summed E-state index contributed by atoms with van der Waals surface area (Å²) in [7, 11) is 1.58. The van der Waals surface area contributed by atoms with Gasteiger partial charge in [-0.2, -0.15) is 0 Å². The highest BCUT2D eigenvalue weighted by Gasteiger charge is 2.09. The van der Waals surface area contributed by atoms with E-state index < -0.39 is 0 Å². The third-order valence-electron chi connectivity index (χ3n) is 3.44. The van der Waals surface area contributed by atoms with E-state index in [9.17, 15) is 9.59 Å². The lowest BCUT2D eigenvalue weighted by Gasteiger charge is -2.11. The number of ether oxygens (including phenoxy) is 1. The van der Waals surface area contributed by atoms with Crippen molar-refractivity contribution in [3.63, 3.8) is 0 Å². The molecular formula is C18H20N2O3. The summed E-state index contributed by atoms with van der Waals surface area (Å²) in [6.07, 6.45) is 0.405. The lowest BCUT2D eigenvalue weighted by atomic mass is 10.1. The SMILES string of the molecule is CCC(=O)Nc1cc(NC(=O)c2ccc(OC)cc2)ccc1C. The molecule has 23 heavy (non-hydrogen) atoms. The molecule has 2 rings (SSSR count). The maximum absolute atomic E-state index is 12.2. The van der Waals surface area contributed by atoms with Crippen molar-refractivity contribution >= 4 is 23.2 Å². The largest absolute Gasteiger partial charge is 0.497 e. The summed E-state index contributed by atoms with van der Waals surface area (Å²) >= 11 is 0. The Morgan fingerprint density at radius 1 is 1.04 bits per heavy atom. The lowest BCUT2D eigenvalue weighted by molar-refractivity contribution is -0.115. The molecule has 0 saturated heterocycles. The van der Waals surface area contributed by atoms with Gasteiger partial charge in [-0.15, -0.1) is 0 Å². The molecule has 0 radical (unpaired) electrons. The summed E-state index contributed by atoms with van der Waals surface area (Å²) in [6.45, 7) is 3.69. The molecule has 0 aromatic heterocycles. The minimum absolute atomic E-state index is 0.0632. The van der Waals surface area contributed by atoms with Gasteiger partial charge in [0.2, 0.25) is 5.91 Å². The highest BCUT2D eigenvalue weighted by molar-refractivity contribution is 6.04. The topological polar surface area (TPSA) is 67.4 Å². The minimum atomic E-state index is -0.218. The minimum Gasteiger partial charge on any atom is -0.497 e. The number of hydrogen-bond acceptors (Lipinski definition) is 3. The maximum Gasteiger partial charge on any atom is 0.255 e.